The van der Waals surface area contributed by atoms with Gasteiger partial charge in [-0.3, -0.25) is 14.9 Å². The zero-order valence-electron chi connectivity index (χ0n) is 14.0. The molecule has 0 spiro atoms. The predicted octanol–water partition coefficient (Wildman–Crippen LogP) is 2.90. The normalized spacial score (nSPS) is 19.1. The van der Waals surface area contributed by atoms with Crippen molar-refractivity contribution in [2.75, 3.05) is 11.9 Å². The Kier molecular flexibility index (Phi) is 3.91. The molecule has 0 bridgehead atoms. The van der Waals surface area contributed by atoms with Gasteiger partial charge >= 0.3 is 5.97 Å². The summed E-state index contributed by atoms with van der Waals surface area (Å²) in [6.45, 7) is 1.85. The fraction of sp³-hybridized carbons (Fsp3) is 0.211. The first-order valence-corrected chi connectivity index (χ1v) is 8.30. The molecule has 7 heteroatoms. The molecule has 1 aromatic heterocycles. The lowest BCUT2D eigenvalue weighted by molar-refractivity contribution is -0.152. The van der Waals surface area contributed by atoms with Crippen molar-refractivity contribution in [2.24, 2.45) is 5.92 Å². The van der Waals surface area contributed by atoms with Crippen molar-refractivity contribution in [3.05, 3.63) is 59.9 Å². The average Bonchev–Trinajstić information content (AvgIpc) is 2.99. The van der Waals surface area contributed by atoms with Crippen molar-refractivity contribution in [3.63, 3.8) is 0 Å². The molecule has 0 aliphatic carbocycles. The summed E-state index contributed by atoms with van der Waals surface area (Å²) < 4.78 is 20.3. The Balaban J connectivity index is 1.95. The molecule has 3 aromatic rings. The fourth-order valence-corrected chi connectivity index (χ4v) is 3.36. The fourth-order valence-electron chi connectivity index (χ4n) is 3.36. The van der Waals surface area contributed by atoms with E-state index >= 15 is 0 Å². The minimum atomic E-state index is -1.09. The summed E-state index contributed by atoms with van der Waals surface area (Å²) in [5.74, 6) is -2.24. The molecule has 26 heavy (non-hydrogen) atoms. The van der Waals surface area contributed by atoms with Crippen LogP contribution in [0.2, 0.25) is 0 Å². The Morgan fingerprint density at radius 2 is 1.96 bits per heavy atom. The molecule has 0 saturated heterocycles. The van der Waals surface area contributed by atoms with Gasteiger partial charge < -0.3 is 9.30 Å². The lowest BCUT2D eigenvalue weighted by atomic mass is 9.90. The molecular formula is C19H16FN3O3. The van der Waals surface area contributed by atoms with Crippen LogP contribution in [0.5, 0.6) is 0 Å². The third-order valence-corrected chi connectivity index (χ3v) is 4.46. The Morgan fingerprint density at radius 1 is 1.23 bits per heavy atom. The van der Waals surface area contributed by atoms with Crippen LogP contribution in [0.25, 0.3) is 11.0 Å². The summed E-state index contributed by atoms with van der Waals surface area (Å²) in [5, 5.41) is 2.69. The molecule has 1 amide bonds. The lowest BCUT2D eigenvalue weighted by Gasteiger charge is -2.32. The number of halogens is 1. The van der Waals surface area contributed by atoms with Crippen molar-refractivity contribution in [1.29, 1.82) is 0 Å². The van der Waals surface area contributed by atoms with Crippen LogP contribution in [-0.2, 0) is 14.3 Å². The van der Waals surface area contributed by atoms with Crippen molar-refractivity contribution >= 4 is 28.9 Å². The van der Waals surface area contributed by atoms with Gasteiger partial charge in [0.25, 0.3) is 0 Å². The zero-order chi connectivity index (χ0) is 18.3. The molecule has 1 aliphatic rings. The molecule has 2 aromatic carbocycles. The van der Waals surface area contributed by atoms with Gasteiger partial charge in [-0.05, 0) is 36.8 Å². The van der Waals surface area contributed by atoms with E-state index in [-0.39, 0.29) is 6.61 Å². The van der Waals surface area contributed by atoms with Crippen LogP contribution in [0.4, 0.5) is 10.3 Å². The highest BCUT2D eigenvalue weighted by Crippen LogP contribution is 2.38. The number of ether oxygens (including phenoxy) is 1. The molecular weight excluding hydrogens is 337 g/mol. The number of anilines is 1. The number of fused-ring (bicyclic) bond motifs is 3. The average molecular weight is 353 g/mol. The minimum absolute atomic E-state index is 0.163. The van der Waals surface area contributed by atoms with Crippen molar-refractivity contribution in [2.45, 2.75) is 13.0 Å². The monoisotopic (exact) mass is 353 g/mol. The molecule has 0 saturated carbocycles. The standard InChI is InChI=1S/C19H16FN3O3/c1-2-26-18(25)15-16(11-7-9-12(20)10-8-11)23-14-6-4-3-5-13(14)21-19(23)22-17(15)24/h3-10,15-16H,2H2,1H3,(H,21,22,24)/t15-,16-/m1/s1. The summed E-state index contributed by atoms with van der Waals surface area (Å²) in [6, 6.07) is 12.5. The van der Waals surface area contributed by atoms with Crippen molar-refractivity contribution < 1.29 is 18.7 Å². The van der Waals surface area contributed by atoms with Crippen molar-refractivity contribution in [3.8, 4) is 0 Å². The van der Waals surface area contributed by atoms with E-state index in [9.17, 15) is 14.0 Å². The summed E-state index contributed by atoms with van der Waals surface area (Å²) >= 11 is 0. The predicted molar refractivity (Wildman–Crippen MR) is 93.0 cm³/mol. The Hall–Kier alpha value is -3.22. The quantitative estimate of drug-likeness (QED) is 0.580. The van der Waals surface area contributed by atoms with Crippen LogP contribution >= 0.6 is 0 Å². The number of imidazole rings is 1. The molecule has 6 nitrogen and oxygen atoms in total. The van der Waals surface area contributed by atoms with Gasteiger partial charge in [-0.1, -0.05) is 24.3 Å². The van der Waals surface area contributed by atoms with Gasteiger partial charge in [0.1, 0.15) is 5.82 Å². The number of esters is 1. The summed E-state index contributed by atoms with van der Waals surface area (Å²) in [7, 11) is 0. The number of para-hydroxylation sites is 2. The van der Waals surface area contributed by atoms with E-state index in [1.807, 2.05) is 24.3 Å². The summed E-state index contributed by atoms with van der Waals surface area (Å²) in [6.07, 6.45) is 0. The van der Waals surface area contributed by atoms with Crippen LogP contribution in [0.1, 0.15) is 18.5 Å². The molecule has 0 unspecified atom stereocenters. The summed E-state index contributed by atoms with van der Waals surface area (Å²) in [4.78, 5) is 29.6. The van der Waals surface area contributed by atoms with E-state index in [1.54, 1.807) is 23.6 Å². The second-order valence-corrected chi connectivity index (χ2v) is 6.01. The van der Waals surface area contributed by atoms with Gasteiger partial charge in [0.2, 0.25) is 11.9 Å². The number of nitrogens with zero attached hydrogens (tertiary/aromatic N) is 2. The number of hydrogen-bond acceptors (Lipinski definition) is 4. The number of carbonyl (C=O) groups excluding carboxylic acids is 2. The van der Waals surface area contributed by atoms with Gasteiger partial charge in [-0.15, -0.1) is 0 Å². The second-order valence-electron chi connectivity index (χ2n) is 6.01. The zero-order valence-corrected chi connectivity index (χ0v) is 14.0. The second kappa shape index (κ2) is 6.25. The van der Waals surface area contributed by atoms with Crippen molar-refractivity contribution in [1.82, 2.24) is 9.55 Å². The molecule has 132 valence electrons. The highest BCUT2D eigenvalue weighted by molar-refractivity contribution is 6.07. The molecule has 0 radical (unpaired) electrons. The van der Waals surface area contributed by atoms with E-state index in [4.69, 9.17) is 4.74 Å². The molecule has 2 atom stereocenters. The maximum Gasteiger partial charge on any atom is 0.321 e. The number of amides is 1. The Morgan fingerprint density at radius 3 is 2.69 bits per heavy atom. The number of nitrogens with one attached hydrogen (secondary N) is 1. The molecule has 0 fully saturated rings. The number of rotatable bonds is 3. The number of hydrogen-bond donors (Lipinski definition) is 1. The van der Waals surface area contributed by atoms with E-state index in [1.165, 1.54) is 12.1 Å². The Bertz CT molecular complexity index is 997. The third kappa shape index (κ3) is 2.52. The maximum atomic E-state index is 13.4. The Labute approximate surface area is 148 Å². The minimum Gasteiger partial charge on any atom is -0.465 e. The van der Waals surface area contributed by atoms with Gasteiger partial charge in [0, 0.05) is 0 Å². The number of carbonyl (C=O) groups is 2. The first-order chi connectivity index (χ1) is 12.6. The van der Waals surface area contributed by atoms with Gasteiger partial charge in [-0.25, -0.2) is 9.37 Å². The lowest BCUT2D eigenvalue weighted by Crippen LogP contribution is -2.43. The van der Waals surface area contributed by atoms with E-state index in [2.05, 4.69) is 10.3 Å². The highest BCUT2D eigenvalue weighted by atomic mass is 19.1. The van der Waals surface area contributed by atoms with Crippen LogP contribution in [0.15, 0.2) is 48.5 Å². The third-order valence-electron chi connectivity index (χ3n) is 4.46. The largest absolute Gasteiger partial charge is 0.465 e. The van der Waals surface area contributed by atoms with Gasteiger partial charge in [-0.2, -0.15) is 0 Å². The molecule has 4 rings (SSSR count). The molecule has 1 N–H and O–H groups in total. The maximum absolute atomic E-state index is 13.4. The molecule has 2 heterocycles. The van der Waals surface area contributed by atoms with E-state index in [0.29, 0.717) is 17.0 Å². The first kappa shape index (κ1) is 16.3. The SMILES string of the molecule is CCOC(=O)[C@H]1C(=O)Nc2nc3ccccc3n2[C@@H]1c1ccc(F)cc1. The highest BCUT2D eigenvalue weighted by Gasteiger charge is 2.44. The van der Waals surface area contributed by atoms with E-state index < -0.39 is 29.7 Å². The van der Waals surface area contributed by atoms with Gasteiger partial charge in [0.15, 0.2) is 5.92 Å². The molecule has 1 aliphatic heterocycles. The smallest absolute Gasteiger partial charge is 0.321 e. The number of benzene rings is 2. The van der Waals surface area contributed by atoms with E-state index in [0.717, 1.165) is 5.52 Å². The van der Waals surface area contributed by atoms with Gasteiger partial charge in [0.05, 0.1) is 23.7 Å². The first-order valence-electron chi connectivity index (χ1n) is 8.30. The number of aromatic nitrogens is 2. The van der Waals surface area contributed by atoms with Crippen LogP contribution in [0.3, 0.4) is 0 Å². The van der Waals surface area contributed by atoms with Crippen LogP contribution in [-0.4, -0.2) is 28.0 Å². The van der Waals surface area contributed by atoms with Crippen LogP contribution < -0.4 is 5.32 Å². The summed E-state index contributed by atoms with van der Waals surface area (Å²) in [5.41, 5.74) is 2.09. The van der Waals surface area contributed by atoms with Crippen LogP contribution in [0, 0.1) is 11.7 Å². The topological polar surface area (TPSA) is 73.2 Å².